The number of piperidine rings is 1. The van der Waals surface area contributed by atoms with Crippen molar-refractivity contribution < 1.29 is 13.2 Å². The largest absolute Gasteiger partial charge is 0.361 e. The average Bonchev–Trinajstić information content (AvgIpc) is 3.26. The van der Waals surface area contributed by atoms with Crippen molar-refractivity contribution in [1.82, 2.24) is 14.6 Å². The van der Waals surface area contributed by atoms with E-state index in [4.69, 9.17) is 11.6 Å². The zero-order valence-electron chi connectivity index (χ0n) is 18.1. The Morgan fingerprint density at radius 2 is 2.00 bits per heavy atom. The third-order valence-corrected chi connectivity index (χ3v) is 8.08. The molecule has 1 saturated heterocycles. The molecule has 2 unspecified atom stereocenters. The molecule has 1 amide bonds. The highest BCUT2D eigenvalue weighted by Crippen LogP contribution is 2.25. The Bertz CT molecular complexity index is 1210. The van der Waals surface area contributed by atoms with Crippen LogP contribution in [0.1, 0.15) is 38.2 Å². The molecule has 0 saturated carbocycles. The lowest BCUT2D eigenvalue weighted by Gasteiger charge is -2.36. The third kappa shape index (κ3) is 4.85. The number of amides is 1. The van der Waals surface area contributed by atoms with E-state index in [2.05, 4.69) is 9.71 Å². The van der Waals surface area contributed by atoms with E-state index in [-0.39, 0.29) is 16.8 Å². The number of rotatable bonds is 7. The van der Waals surface area contributed by atoms with Crippen molar-refractivity contribution >= 4 is 38.4 Å². The number of hydrogen-bond acceptors (Lipinski definition) is 3. The minimum Gasteiger partial charge on any atom is -0.361 e. The monoisotopic (exact) mass is 473 g/mol. The number of likely N-dealkylation sites (tertiary alicyclic amines) is 1. The van der Waals surface area contributed by atoms with E-state index in [0.717, 1.165) is 30.3 Å². The van der Waals surface area contributed by atoms with Gasteiger partial charge in [-0.1, -0.05) is 35.9 Å². The zero-order valence-corrected chi connectivity index (χ0v) is 19.6. The number of aromatic nitrogens is 1. The SMILES string of the molecule is CC1CCCCN1C(=O)C(CCc1ccccc1Cl)NS(=O)(=O)c1cccc2[nH]ccc12. The van der Waals surface area contributed by atoms with Gasteiger partial charge in [0.1, 0.15) is 6.04 Å². The highest BCUT2D eigenvalue weighted by molar-refractivity contribution is 7.89. The number of carbonyl (C=O) groups excluding carboxylic acids is 1. The van der Waals surface area contributed by atoms with Crippen molar-refractivity contribution in [1.29, 1.82) is 0 Å². The molecular formula is C24H28ClN3O3S. The second-order valence-corrected chi connectivity index (χ2v) is 10.5. The maximum absolute atomic E-state index is 13.5. The summed E-state index contributed by atoms with van der Waals surface area (Å²) in [4.78, 5) is 18.5. The summed E-state index contributed by atoms with van der Waals surface area (Å²) in [6.07, 6.45) is 5.47. The lowest BCUT2D eigenvalue weighted by molar-refractivity contribution is -0.136. The molecule has 32 heavy (non-hydrogen) atoms. The van der Waals surface area contributed by atoms with Gasteiger partial charge < -0.3 is 9.88 Å². The first-order chi connectivity index (χ1) is 15.4. The molecule has 8 heteroatoms. The number of aryl methyl sites for hydroxylation is 1. The van der Waals surface area contributed by atoms with Gasteiger partial charge in [0.25, 0.3) is 0 Å². The molecule has 2 N–H and O–H groups in total. The summed E-state index contributed by atoms with van der Waals surface area (Å²) in [7, 11) is -3.92. The Kier molecular flexibility index (Phi) is 6.88. The zero-order chi connectivity index (χ0) is 22.7. The van der Waals surface area contributed by atoms with Gasteiger partial charge in [0.05, 0.1) is 4.90 Å². The Labute approximate surface area is 194 Å². The smallest absolute Gasteiger partial charge is 0.241 e. The normalized spacial score (nSPS) is 18.1. The summed E-state index contributed by atoms with van der Waals surface area (Å²) >= 11 is 6.30. The van der Waals surface area contributed by atoms with Gasteiger partial charge in [0.15, 0.2) is 0 Å². The summed E-state index contributed by atoms with van der Waals surface area (Å²) in [6, 6.07) is 13.5. The van der Waals surface area contributed by atoms with Gasteiger partial charge in [0, 0.05) is 34.7 Å². The summed E-state index contributed by atoms with van der Waals surface area (Å²) in [5, 5.41) is 1.22. The van der Waals surface area contributed by atoms with Gasteiger partial charge in [0.2, 0.25) is 15.9 Å². The molecule has 4 rings (SSSR count). The molecule has 1 aliphatic heterocycles. The summed E-state index contributed by atoms with van der Waals surface area (Å²) in [5.41, 5.74) is 1.63. The molecule has 170 valence electrons. The van der Waals surface area contributed by atoms with Crippen LogP contribution >= 0.6 is 11.6 Å². The number of fused-ring (bicyclic) bond motifs is 1. The first-order valence-electron chi connectivity index (χ1n) is 11.0. The number of hydrogen-bond donors (Lipinski definition) is 2. The minimum atomic E-state index is -3.92. The molecular weight excluding hydrogens is 446 g/mol. The van der Waals surface area contributed by atoms with E-state index in [1.807, 2.05) is 36.1 Å². The fraction of sp³-hybridized carbons (Fsp3) is 0.375. The maximum Gasteiger partial charge on any atom is 0.241 e. The number of halogens is 1. The van der Waals surface area contributed by atoms with Crippen LogP contribution < -0.4 is 4.72 Å². The van der Waals surface area contributed by atoms with Crippen LogP contribution in [0.4, 0.5) is 0 Å². The van der Waals surface area contributed by atoms with Crippen molar-refractivity contribution in [3.05, 3.63) is 65.3 Å². The van der Waals surface area contributed by atoms with E-state index >= 15 is 0 Å². The molecule has 1 aliphatic rings. The van der Waals surface area contributed by atoms with E-state index in [1.54, 1.807) is 30.5 Å². The molecule has 3 aromatic rings. The molecule has 1 fully saturated rings. The molecule has 0 spiro atoms. The van der Waals surface area contributed by atoms with Gasteiger partial charge >= 0.3 is 0 Å². The molecule has 2 aromatic carbocycles. The van der Waals surface area contributed by atoms with Crippen molar-refractivity contribution in [2.24, 2.45) is 0 Å². The van der Waals surface area contributed by atoms with Gasteiger partial charge in [-0.25, -0.2) is 8.42 Å². The third-order valence-electron chi connectivity index (χ3n) is 6.19. The van der Waals surface area contributed by atoms with Crippen molar-refractivity contribution in [2.45, 2.75) is 56.0 Å². The van der Waals surface area contributed by atoms with Crippen LogP contribution in [-0.2, 0) is 21.2 Å². The van der Waals surface area contributed by atoms with Gasteiger partial charge in [-0.05, 0) is 68.9 Å². The van der Waals surface area contributed by atoms with E-state index in [1.165, 1.54) is 0 Å². The molecule has 1 aromatic heterocycles. The molecule has 6 nitrogen and oxygen atoms in total. The predicted molar refractivity (Wildman–Crippen MR) is 127 cm³/mol. The van der Waals surface area contributed by atoms with Crippen LogP contribution in [-0.4, -0.2) is 42.8 Å². The Morgan fingerprint density at radius 1 is 1.19 bits per heavy atom. The lowest BCUT2D eigenvalue weighted by atomic mass is 10.00. The first kappa shape index (κ1) is 22.8. The van der Waals surface area contributed by atoms with Crippen LogP contribution in [0.3, 0.4) is 0 Å². The fourth-order valence-corrected chi connectivity index (χ4v) is 6.08. The molecule has 0 bridgehead atoms. The standard InChI is InChI=1S/C24H28ClN3O3S/c1-17-7-4-5-16-28(17)24(29)22(13-12-18-8-2-3-9-20(18)25)27-32(30,31)23-11-6-10-21-19(23)14-15-26-21/h2-3,6,8-11,14-15,17,22,26-27H,4-5,7,12-13,16H2,1H3. The number of sulfonamides is 1. The van der Waals surface area contributed by atoms with Crippen LogP contribution in [0.5, 0.6) is 0 Å². The molecule has 0 radical (unpaired) electrons. The maximum atomic E-state index is 13.5. The quantitative estimate of drug-likeness (QED) is 0.530. The van der Waals surface area contributed by atoms with Crippen molar-refractivity contribution in [2.75, 3.05) is 6.54 Å². The summed E-state index contributed by atoms with van der Waals surface area (Å²) in [5.74, 6) is -0.172. The number of nitrogens with zero attached hydrogens (tertiary/aromatic N) is 1. The number of benzene rings is 2. The van der Waals surface area contributed by atoms with Crippen molar-refractivity contribution in [3.63, 3.8) is 0 Å². The van der Waals surface area contributed by atoms with Crippen LogP contribution in [0, 0.1) is 0 Å². The number of nitrogens with one attached hydrogen (secondary N) is 2. The first-order valence-corrected chi connectivity index (χ1v) is 12.9. The molecule has 2 heterocycles. The van der Waals surface area contributed by atoms with Gasteiger partial charge in [-0.3, -0.25) is 4.79 Å². The molecule has 2 atom stereocenters. The number of H-pyrrole nitrogens is 1. The highest BCUT2D eigenvalue weighted by atomic mass is 35.5. The van der Waals surface area contributed by atoms with E-state index in [0.29, 0.717) is 29.8 Å². The number of aromatic amines is 1. The Balaban J connectivity index is 1.62. The van der Waals surface area contributed by atoms with E-state index in [9.17, 15) is 13.2 Å². The Morgan fingerprint density at radius 3 is 2.78 bits per heavy atom. The minimum absolute atomic E-state index is 0.0941. The lowest BCUT2D eigenvalue weighted by Crippen LogP contribution is -2.52. The van der Waals surface area contributed by atoms with Crippen LogP contribution in [0.15, 0.2) is 59.6 Å². The fourth-order valence-electron chi connectivity index (χ4n) is 4.40. The van der Waals surface area contributed by atoms with E-state index < -0.39 is 16.1 Å². The number of carbonyl (C=O) groups is 1. The van der Waals surface area contributed by atoms with Crippen molar-refractivity contribution in [3.8, 4) is 0 Å². The van der Waals surface area contributed by atoms with Crippen LogP contribution in [0.25, 0.3) is 10.9 Å². The predicted octanol–water partition coefficient (Wildman–Crippen LogP) is 4.50. The summed E-state index contributed by atoms with van der Waals surface area (Å²) < 4.78 is 29.5. The van der Waals surface area contributed by atoms with Gasteiger partial charge in [-0.15, -0.1) is 0 Å². The summed E-state index contributed by atoms with van der Waals surface area (Å²) in [6.45, 7) is 2.68. The second kappa shape index (κ2) is 9.65. The average molecular weight is 474 g/mol. The Hall–Kier alpha value is -2.35. The van der Waals surface area contributed by atoms with Gasteiger partial charge in [-0.2, -0.15) is 4.72 Å². The molecule has 0 aliphatic carbocycles. The highest BCUT2D eigenvalue weighted by Gasteiger charge is 2.33. The van der Waals surface area contributed by atoms with Crippen LogP contribution in [0.2, 0.25) is 5.02 Å². The second-order valence-electron chi connectivity index (χ2n) is 8.38. The topological polar surface area (TPSA) is 82.3 Å².